The van der Waals surface area contributed by atoms with E-state index in [4.69, 9.17) is 0 Å². The molecule has 0 aliphatic carbocycles. The van der Waals surface area contributed by atoms with Crippen molar-refractivity contribution in [3.05, 3.63) is 28.8 Å². The third kappa shape index (κ3) is 3.79. The van der Waals surface area contributed by atoms with Crippen LogP contribution in [0.15, 0.2) is 17.2 Å². The summed E-state index contributed by atoms with van der Waals surface area (Å²) in [4.78, 5) is 10.9. The van der Waals surface area contributed by atoms with E-state index >= 15 is 0 Å². The van der Waals surface area contributed by atoms with Crippen molar-refractivity contribution < 1.29 is 14.6 Å². The van der Waals surface area contributed by atoms with E-state index in [1.807, 2.05) is 0 Å². The topological polar surface area (TPSA) is 70.9 Å². The van der Waals surface area contributed by atoms with Gasteiger partial charge in [-0.25, -0.2) is 10.2 Å². The maximum atomic E-state index is 10.9. The molecule has 0 heterocycles. The van der Waals surface area contributed by atoms with Crippen LogP contribution in [-0.4, -0.2) is 24.0 Å². The normalized spacial score (nSPS) is 10.5. The summed E-state index contributed by atoms with van der Waals surface area (Å²) < 4.78 is 4.64. The number of phenols is 1. The molecule has 0 spiro atoms. The van der Waals surface area contributed by atoms with Crippen molar-refractivity contribution in [2.24, 2.45) is 5.10 Å². The molecule has 0 aliphatic rings. The van der Waals surface area contributed by atoms with Crippen LogP contribution in [0.4, 0.5) is 4.79 Å². The number of aromatic hydroxyl groups is 1. The summed E-state index contributed by atoms with van der Waals surface area (Å²) in [5, 5.41) is 13.3. The molecule has 0 atom stereocenters. The largest absolute Gasteiger partial charge is 0.507 e. The molecule has 0 bridgehead atoms. The zero-order chi connectivity index (χ0) is 12.8. The number of hydrogen-bond donors (Lipinski definition) is 2. The second kappa shape index (κ2) is 5.89. The standard InChI is InChI=1S/C12H16N2O3/c1-4-17-12(16)14-13-7-10-5-8(2)11(15)9(3)6-10/h5-7,15H,4H2,1-3H3,(H,14,16)/b13-7+. The van der Waals surface area contributed by atoms with E-state index in [-0.39, 0.29) is 5.75 Å². The van der Waals surface area contributed by atoms with Gasteiger partial charge in [0.05, 0.1) is 12.8 Å². The predicted molar refractivity (Wildman–Crippen MR) is 65.3 cm³/mol. The number of benzene rings is 1. The van der Waals surface area contributed by atoms with Gasteiger partial charge in [0, 0.05) is 0 Å². The lowest BCUT2D eigenvalue weighted by Gasteiger charge is -2.04. The maximum absolute atomic E-state index is 10.9. The van der Waals surface area contributed by atoms with Crippen molar-refractivity contribution in [1.29, 1.82) is 0 Å². The molecule has 5 heteroatoms. The Balaban J connectivity index is 2.69. The van der Waals surface area contributed by atoms with Crippen molar-refractivity contribution in [2.75, 3.05) is 6.61 Å². The monoisotopic (exact) mass is 236 g/mol. The molecule has 1 aromatic rings. The molecule has 0 saturated heterocycles. The van der Waals surface area contributed by atoms with Crippen LogP contribution in [0.25, 0.3) is 0 Å². The third-order valence-corrected chi connectivity index (χ3v) is 2.16. The zero-order valence-electron chi connectivity index (χ0n) is 10.2. The Morgan fingerprint density at radius 2 is 2.06 bits per heavy atom. The summed E-state index contributed by atoms with van der Waals surface area (Å²) in [5.41, 5.74) is 4.56. The fourth-order valence-corrected chi connectivity index (χ4v) is 1.39. The minimum absolute atomic E-state index is 0.278. The molecule has 0 aromatic heterocycles. The van der Waals surface area contributed by atoms with Crippen LogP contribution in [0.1, 0.15) is 23.6 Å². The number of hydrazone groups is 1. The summed E-state index contributed by atoms with van der Waals surface area (Å²) in [6, 6.07) is 3.55. The smallest absolute Gasteiger partial charge is 0.427 e. The molecule has 2 N–H and O–H groups in total. The highest BCUT2D eigenvalue weighted by atomic mass is 16.5. The van der Waals surface area contributed by atoms with Crippen LogP contribution < -0.4 is 5.43 Å². The molecular weight excluding hydrogens is 220 g/mol. The second-order valence-corrected chi connectivity index (χ2v) is 3.59. The van der Waals surface area contributed by atoms with E-state index in [0.29, 0.717) is 6.61 Å². The number of nitrogens with zero attached hydrogens (tertiary/aromatic N) is 1. The first-order valence-corrected chi connectivity index (χ1v) is 5.30. The maximum Gasteiger partial charge on any atom is 0.427 e. The summed E-state index contributed by atoms with van der Waals surface area (Å²) in [7, 11) is 0. The van der Waals surface area contributed by atoms with Crippen LogP contribution >= 0.6 is 0 Å². The number of phenolic OH excluding ortho intramolecular Hbond substituents is 1. The molecule has 1 rings (SSSR count). The Labute approximate surface area is 100 Å². The number of carbonyl (C=O) groups excluding carboxylic acids is 1. The van der Waals surface area contributed by atoms with Gasteiger partial charge >= 0.3 is 6.09 Å². The molecule has 1 amide bonds. The number of nitrogens with one attached hydrogen (secondary N) is 1. The average Bonchev–Trinajstić information content (AvgIpc) is 2.26. The molecule has 0 unspecified atom stereocenters. The van der Waals surface area contributed by atoms with Crippen LogP contribution in [-0.2, 0) is 4.74 Å². The van der Waals surface area contributed by atoms with E-state index in [9.17, 15) is 9.90 Å². The van der Waals surface area contributed by atoms with Gasteiger partial charge in [-0.3, -0.25) is 0 Å². The van der Waals surface area contributed by atoms with Crippen molar-refractivity contribution in [3.8, 4) is 5.75 Å². The zero-order valence-corrected chi connectivity index (χ0v) is 10.2. The molecule has 92 valence electrons. The Morgan fingerprint density at radius 3 is 2.59 bits per heavy atom. The number of amides is 1. The summed E-state index contributed by atoms with van der Waals surface area (Å²) in [6.07, 6.45) is 0.909. The third-order valence-electron chi connectivity index (χ3n) is 2.16. The van der Waals surface area contributed by atoms with Crippen molar-refractivity contribution in [2.45, 2.75) is 20.8 Å². The molecule has 1 aromatic carbocycles. The minimum atomic E-state index is -0.587. The van der Waals surface area contributed by atoms with E-state index in [1.165, 1.54) is 6.21 Å². The Morgan fingerprint density at radius 1 is 1.47 bits per heavy atom. The van der Waals surface area contributed by atoms with Gasteiger partial charge in [0.15, 0.2) is 0 Å². The van der Waals surface area contributed by atoms with Gasteiger partial charge in [-0.2, -0.15) is 5.10 Å². The Hall–Kier alpha value is -2.04. The number of rotatable bonds is 3. The van der Waals surface area contributed by atoms with Crippen molar-refractivity contribution in [1.82, 2.24) is 5.43 Å². The number of carbonyl (C=O) groups is 1. The van der Waals surface area contributed by atoms with Gasteiger partial charge in [0.1, 0.15) is 5.75 Å². The molecular formula is C12H16N2O3. The summed E-state index contributed by atoms with van der Waals surface area (Å²) >= 11 is 0. The molecule has 0 radical (unpaired) electrons. The van der Waals surface area contributed by atoms with Crippen molar-refractivity contribution in [3.63, 3.8) is 0 Å². The molecule has 17 heavy (non-hydrogen) atoms. The lowest BCUT2D eigenvalue weighted by Crippen LogP contribution is -2.18. The Kier molecular flexibility index (Phi) is 4.51. The van der Waals surface area contributed by atoms with Gasteiger partial charge in [-0.1, -0.05) is 0 Å². The first kappa shape index (κ1) is 13.0. The lowest BCUT2D eigenvalue weighted by molar-refractivity contribution is 0.152. The number of aryl methyl sites for hydroxylation is 2. The molecule has 0 saturated carbocycles. The fourth-order valence-electron chi connectivity index (χ4n) is 1.39. The summed E-state index contributed by atoms with van der Waals surface area (Å²) in [6.45, 7) is 5.63. The van der Waals surface area contributed by atoms with Gasteiger partial charge in [-0.15, -0.1) is 0 Å². The molecule has 0 fully saturated rings. The fraction of sp³-hybridized carbons (Fsp3) is 0.333. The molecule has 0 aliphatic heterocycles. The predicted octanol–water partition coefficient (Wildman–Crippen LogP) is 2.09. The first-order chi connectivity index (χ1) is 8.04. The Bertz CT molecular complexity index is 418. The number of ether oxygens (including phenoxy) is 1. The van der Waals surface area contributed by atoms with E-state index < -0.39 is 6.09 Å². The van der Waals surface area contributed by atoms with E-state index in [2.05, 4.69) is 15.3 Å². The minimum Gasteiger partial charge on any atom is -0.507 e. The SMILES string of the molecule is CCOC(=O)N/N=C/c1cc(C)c(O)c(C)c1. The van der Waals surface area contributed by atoms with Crippen LogP contribution in [0.2, 0.25) is 0 Å². The number of hydrogen-bond acceptors (Lipinski definition) is 4. The van der Waals surface area contributed by atoms with E-state index in [0.717, 1.165) is 16.7 Å². The van der Waals surface area contributed by atoms with Gasteiger partial charge < -0.3 is 9.84 Å². The van der Waals surface area contributed by atoms with Crippen molar-refractivity contribution >= 4 is 12.3 Å². The van der Waals surface area contributed by atoms with E-state index in [1.54, 1.807) is 32.9 Å². The highest BCUT2D eigenvalue weighted by Crippen LogP contribution is 2.21. The average molecular weight is 236 g/mol. The molecule has 5 nitrogen and oxygen atoms in total. The highest BCUT2D eigenvalue weighted by Gasteiger charge is 2.02. The van der Waals surface area contributed by atoms with Crippen LogP contribution in [0.5, 0.6) is 5.75 Å². The van der Waals surface area contributed by atoms with Crippen LogP contribution in [0.3, 0.4) is 0 Å². The first-order valence-electron chi connectivity index (χ1n) is 5.30. The van der Waals surface area contributed by atoms with Gasteiger partial charge in [0.25, 0.3) is 0 Å². The lowest BCUT2D eigenvalue weighted by atomic mass is 10.1. The van der Waals surface area contributed by atoms with Gasteiger partial charge in [0.2, 0.25) is 0 Å². The van der Waals surface area contributed by atoms with Crippen LogP contribution in [0, 0.1) is 13.8 Å². The van der Waals surface area contributed by atoms with Gasteiger partial charge in [-0.05, 0) is 49.6 Å². The second-order valence-electron chi connectivity index (χ2n) is 3.59. The quantitative estimate of drug-likeness (QED) is 0.623. The highest BCUT2D eigenvalue weighted by molar-refractivity contribution is 5.82. The summed E-state index contributed by atoms with van der Waals surface area (Å²) in [5.74, 6) is 0.278.